The largest absolute Gasteiger partial charge is 0.373 e. The molecule has 0 bridgehead atoms. The van der Waals surface area contributed by atoms with Gasteiger partial charge in [0.1, 0.15) is 0 Å². The summed E-state index contributed by atoms with van der Waals surface area (Å²) in [7, 11) is 0. The maximum absolute atomic E-state index is 13.2. The molecule has 1 N–H and O–H groups in total. The van der Waals surface area contributed by atoms with Crippen LogP contribution < -0.4 is 5.32 Å². The summed E-state index contributed by atoms with van der Waals surface area (Å²) in [6.07, 6.45) is 5.62. The lowest BCUT2D eigenvalue weighted by Gasteiger charge is -2.14. The Kier molecular flexibility index (Phi) is 3.33. The van der Waals surface area contributed by atoms with E-state index in [1.807, 2.05) is 24.5 Å². The summed E-state index contributed by atoms with van der Waals surface area (Å²) < 4.78 is 26.1. The van der Waals surface area contributed by atoms with Crippen molar-refractivity contribution in [3.8, 4) is 11.3 Å². The second kappa shape index (κ2) is 5.28. The van der Waals surface area contributed by atoms with Crippen LogP contribution in [0.4, 0.5) is 8.78 Å². The predicted octanol–water partition coefficient (Wildman–Crippen LogP) is 2.86. The van der Waals surface area contributed by atoms with Gasteiger partial charge in [0.25, 0.3) is 0 Å². The highest BCUT2D eigenvalue weighted by Gasteiger charge is 2.07. The lowest BCUT2D eigenvalue weighted by atomic mass is 10.1. The Morgan fingerprint density at radius 3 is 2.70 bits per heavy atom. The summed E-state index contributed by atoms with van der Waals surface area (Å²) in [5.74, 6) is -1.71. The zero-order chi connectivity index (χ0) is 13.9. The first-order valence-electron chi connectivity index (χ1n) is 6.27. The fourth-order valence-corrected chi connectivity index (χ4v) is 2.07. The van der Waals surface area contributed by atoms with E-state index in [2.05, 4.69) is 15.2 Å². The van der Waals surface area contributed by atoms with Crippen molar-refractivity contribution in [1.29, 1.82) is 0 Å². The highest BCUT2D eigenvalue weighted by Crippen LogP contribution is 2.20. The maximum atomic E-state index is 13.2. The molecule has 1 aliphatic heterocycles. The lowest BCUT2D eigenvalue weighted by molar-refractivity contribution is 0.384. The third-order valence-electron chi connectivity index (χ3n) is 3.12. The molecule has 0 atom stereocenters. The molecule has 0 saturated carbocycles. The molecule has 3 nitrogen and oxygen atoms in total. The molecule has 0 aliphatic carbocycles. The van der Waals surface area contributed by atoms with E-state index in [0.29, 0.717) is 11.3 Å². The number of nitrogens with zero attached hydrogens (tertiary/aromatic N) is 2. The van der Waals surface area contributed by atoms with Gasteiger partial charge in [-0.2, -0.15) is 0 Å². The van der Waals surface area contributed by atoms with Crippen LogP contribution in [-0.4, -0.2) is 16.6 Å². The Labute approximate surface area is 115 Å². The number of pyridine rings is 1. The van der Waals surface area contributed by atoms with Gasteiger partial charge < -0.3 is 10.2 Å². The van der Waals surface area contributed by atoms with E-state index < -0.39 is 11.6 Å². The molecule has 0 amide bonds. The molecule has 102 valence electrons. The number of benzene rings is 1. The standard InChI is InChI=1S/C15H13F2N3/c16-13-3-2-12(7-14(13)17)15-4-1-11(8-19-15)9-20-6-5-18-10-20/h1-8,18H,9-10H2. The van der Waals surface area contributed by atoms with Crippen LogP contribution in [0.15, 0.2) is 48.9 Å². The van der Waals surface area contributed by atoms with Crippen molar-refractivity contribution in [3.05, 3.63) is 66.1 Å². The van der Waals surface area contributed by atoms with Crippen LogP contribution in [0.2, 0.25) is 0 Å². The van der Waals surface area contributed by atoms with Gasteiger partial charge in [-0.25, -0.2) is 8.78 Å². The molecule has 0 unspecified atom stereocenters. The molecule has 1 aliphatic rings. The van der Waals surface area contributed by atoms with Gasteiger partial charge in [-0.1, -0.05) is 6.07 Å². The zero-order valence-corrected chi connectivity index (χ0v) is 10.7. The number of halogens is 2. The van der Waals surface area contributed by atoms with E-state index in [1.165, 1.54) is 6.07 Å². The molecule has 1 aromatic heterocycles. The zero-order valence-electron chi connectivity index (χ0n) is 10.7. The van der Waals surface area contributed by atoms with Crippen molar-refractivity contribution in [2.75, 3.05) is 6.67 Å². The summed E-state index contributed by atoms with van der Waals surface area (Å²) in [4.78, 5) is 6.41. The molecule has 0 spiro atoms. The van der Waals surface area contributed by atoms with Gasteiger partial charge in [-0.15, -0.1) is 0 Å². The lowest BCUT2D eigenvalue weighted by Crippen LogP contribution is -2.19. The first-order valence-corrected chi connectivity index (χ1v) is 6.27. The Bertz CT molecular complexity index is 638. The SMILES string of the molecule is Fc1ccc(-c2ccc(CN3C=CNC3)cn2)cc1F. The van der Waals surface area contributed by atoms with Crippen molar-refractivity contribution >= 4 is 0 Å². The molecule has 3 rings (SSSR count). The van der Waals surface area contributed by atoms with Crippen LogP contribution in [0.5, 0.6) is 0 Å². The van der Waals surface area contributed by atoms with Gasteiger partial charge in [0.05, 0.1) is 12.4 Å². The molecular formula is C15H13F2N3. The van der Waals surface area contributed by atoms with Crippen LogP contribution in [0.3, 0.4) is 0 Å². The molecular weight excluding hydrogens is 260 g/mol. The highest BCUT2D eigenvalue weighted by molar-refractivity contribution is 5.59. The molecule has 0 fully saturated rings. The van der Waals surface area contributed by atoms with E-state index in [4.69, 9.17) is 0 Å². The van der Waals surface area contributed by atoms with Gasteiger partial charge in [0.15, 0.2) is 11.6 Å². The second-order valence-corrected chi connectivity index (χ2v) is 4.61. The van der Waals surface area contributed by atoms with Crippen LogP contribution in [0, 0.1) is 11.6 Å². The Morgan fingerprint density at radius 1 is 1.15 bits per heavy atom. The van der Waals surface area contributed by atoms with E-state index in [9.17, 15) is 8.78 Å². The minimum absolute atomic E-state index is 0.568. The van der Waals surface area contributed by atoms with Gasteiger partial charge >= 0.3 is 0 Å². The maximum Gasteiger partial charge on any atom is 0.159 e. The van der Waals surface area contributed by atoms with Crippen molar-refractivity contribution in [1.82, 2.24) is 15.2 Å². The number of hydrogen-bond acceptors (Lipinski definition) is 3. The monoisotopic (exact) mass is 273 g/mol. The third kappa shape index (κ3) is 2.61. The van der Waals surface area contributed by atoms with Crippen molar-refractivity contribution in [3.63, 3.8) is 0 Å². The molecule has 2 heterocycles. The fraction of sp³-hybridized carbons (Fsp3) is 0.133. The van der Waals surface area contributed by atoms with E-state index >= 15 is 0 Å². The molecule has 1 aromatic carbocycles. The van der Waals surface area contributed by atoms with E-state index in [0.717, 1.165) is 30.9 Å². The molecule has 2 aromatic rings. The normalized spacial score (nSPS) is 13.6. The van der Waals surface area contributed by atoms with Crippen molar-refractivity contribution in [2.45, 2.75) is 6.54 Å². The Morgan fingerprint density at radius 2 is 2.05 bits per heavy atom. The Balaban J connectivity index is 1.78. The van der Waals surface area contributed by atoms with Crippen molar-refractivity contribution in [2.24, 2.45) is 0 Å². The molecule has 0 radical (unpaired) electrons. The van der Waals surface area contributed by atoms with Crippen LogP contribution in [0.1, 0.15) is 5.56 Å². The number of hydrogen-bond donors (Lipinski definition) is 1. The summed E-state index contributed by atoms with van der Waals surface area (Å²) in [6, 6.07) is 7.55. The van der Waals surface area contributed by atoms with Crippen molar-refractivity contribution < 1.29 is 8.78 Å². The van der Waals surface area contributed by atoms with Gasteiger partial charge in [-0.05, 0) is 29.8 Å². The van der Waals surface area contributed by atoms with Crippen LogP contribution in [0.25, 0.3) is 11.3 Å². The fourth-order valence-electron chi connectivity index (χ4n) is 2.07. The van der Waals surface area contributed by atoms with Gasteiger partial charge in [0.2, 0.25) is 0 Å². The molecule has 5 heteroatoms. The average molecular weight is 273 g/mol. The number of rotatable bonds is 3. The average Bonchev–Trinajstić information content (AvgIpc) is 2.96. The number of nitrogens with one attached hydrogen (secondary N) is 1. The molecule has 20 heavy (non-hydrogen) atoms. The highest BCUT2D eigenvalue weighted by atomic mass is 19.2. The summed E-state index contributed by atoms with van der Waals surface area (Å²) in [5, 5.41) is 3.09. The van der Waals surface area contributed by atoms with Gasteiger partial charge in [0, 0.05) is 30.7 Å². The summed E-state index contributed by atoms with van der Waals surface area (Å²) in [6.45, 7) is 1.54. The third-order valence-corrected chi connectivity index (χ3v) is 3.12. The van der Waals surface area contributed by atoms with Gasteiger partial charge in [-0.3, -0.25) is 4.98 Å². The smallest absolute Gasteiger partial charge is 0.159 e. The second-order valence-electron chi connectivity index (χ2n) is 4.61. The topological polar surface area (TPSA) is 28.2 Å². The summed E-state index contributed by atoms with van der Waals surface area (Å²) in [5.41, 5.74) is 2.26. The first-order chi connectivity index (χ1) is 9.72. The van der Waals surface area contributed by atoms with Crippen LogP contribution >= 0.6 is 0 Å². The molecule has 0 saturated heterocycles. The quantitative estimate of drug-likeness (QED) is 0.932. The minimum atomic E-state index is -0.860. The van der Waals surface area contributed by atoms with Crippen LogP contribution in [-0.2, 0) is 6.54 Å². The number of aromatic nitrogens is 1. The minimum Gasteiger partial charge on any atom is -0.373 e. The summed E-state index contributed by atoms with van der Waals surface area (Å²) >= 11 is 0. The predicted molar refractivity (Wildman–Crippen MR) is 72.3 cm³/mol. The Hall–Kier alpha value is -2.43. The van der Waals surface area contributed by atoms with E-state index in [-0.39, 0.29) is 0 Å². The first kappa shape index (κ1) is 12.6. The van der Waals surface area contributed by atoms with E-state index in [1.54, 1.807) is 6.20 Å².